The first-order valence-corrected chi connectivity index (χ1v) is 13.9. The van der Waals surface area contributed by atoms with E-state index in [0.717, 1.165) is 22.7 Å². The van der Waals surface area contributed by atoms with Gasteiger partial charge >= 0.3 is 0 Å². The molecule has 3 aromatic rings. The number of rotatable bonds is 8. The van der Waals surface area contributed by atoms with E-state index in [2.05, 4.69) is 23.5 Å². The molecule has 0 heterocycles. The van der Waals surface area contributed by atoms with Crippen LogP contribution >= 0.6 is 23.2 Å². The van der Waals surface area contributed by atoms with Gasteiger partial charge in [0.2, 0.25) is 5.91 Å². The van der Waals surface area contributed by atoms with Gasteiger partial charge < -0.3 is 5.32 Å². The molecule has 184 valence electrons. The number of carbonyl (C=O) groups is 1. The third kappa shape index (κ3) is 6.00. The van der Waals surface area contributed by atoms with Crippen LogP contribution in [0.2, 0.25) is 10.0 Å². The molecule has 0 spiro atoms. The number of nitrogens with one attached hydrogen (secondary N) is 1. The maximum Gasteiger partial charge on any atom is 0.264 e. The van der Waals surface area contributed by atoms with Crippen molar-refractivity contribution < 1.29 is 13.2 Å². The zero-order valence-electron chi connectivity index (χ0n) is 19.5. The molecule has 1 aliphatic rings. The van der Waals surface area contributed by atoms with Gasteiger partial charge in [0.1, 0.15) is 6.54 Å². The molecule has 0 aromatic heterocycles. The van der Waals surface area contributed by atoms with Crippen molar-refractivity contribution in [3.05, 3.63) is 93.5 Å². The summed E-state index contributed by atoms with van der Waals surface area (Å²) in [6.07, 6.45) is 5.20. The third-order valence-electron chi connectivity index (χ3n) is 6.27. The van der Waals surface area contributed by atoms with E-state index >= 15 is 0 Å². The lowest BCUT2D eigenvalue weighted by Crippen LogP contribution is -2.42. The zero-order chi connectivity index (χ0) is 25.0. The molecule has 5 nitrogen and oxygen atoms in total. The first kappa shape index (κ1) is 25.5. The number of aryl methyl sites for hydroxylation is 2. The average Bonchev–Trinajstić information content (AvgIpc) is 2.85. The van der Waals surface area contributed by atoms with Crippen LogP contribution in [-0.2, 0) is 27.7 Å². The molecule has 0 aliphatic heterocycles. The van der Waals surface area contributed by atoms with Gasteiger partial charge in [-0.25, -0.2) is 8.42 Å². The highest BCUT2D eigenvalue weighted by atomic mass is 35.5. The Balaban J connectivity index is 1.61. The van der Waals surface area contributed by atoms with Crippen molar-refractivity contribution in [1.29, 1.82) is 0 Å². The number of benzene rings is 3. The molecule has 1 aliphatic carbocycles. The average molecular weight is 532 g/mol. The Morgan fingerprint density at radius 3 is 2.26 bits per heavy atom. The minimum absolute atomic E-state index is 0.0747. The summed E-state index contributed by atoms with van der Waals surface area (Å²) in [7, 11) is -4.05. The van der Waals surface area contributed by atoms with E-state index < -0.39 is 22.5 Å². The van der Waals surface area contributed by atoms with Crippen LogP contribution < -0.4 is 9.62 Å². The molecule has 1 unspecified atom stereocenters. The number of fused-ring (bicyclic) bond motifs is 1. The fraction of sp³-hybridized carbons (Fsp3) is 0.296. The molecule has 0 fully saturated rings. The third-order valence-corrected chi connectivity index (χ3v) is 8.50. The highest BCUT2D eigenvalue weighted by Gasteiger charge is 2.28. The molecule has 4 rings (SSSR count). The van der Waals surface area contributed by atoms with Crippen LogP contribution in [0.1, 0.15) is 48.9 Å². The van der Waals surface area contributed by atoms with E-state index in [1.54, 1.807) is 18.2 Å². The Kier molecular flexibility index (Phi) is 8.05. The monoisotopic (exact) mass is 530 g/mol. The second-order valence-electron chi connectivity index (χ2n) is 8.72. The lowest BCUT2D eigenvalue weighted by Gasteiger charge is -2.26. The topological polar surface area (TPSA) is 66.5 Å². The van der Waals surface area contributed by atoms with Gasteiger partial charge in [-0.3, -0.25) is 9.10 Å². The van der Waals surface area contributed by atoms with E-state index in [1.807, 2.05) is 6.92 Å². The molecule has 8 heteroatoms. The van der Waals surface area contributed by atoms with Gasteiger partial charge in [0.25, 0.3) is 10.0 Å². The molecule has 1 amide bonds. The number of carbonyl (C=O) groups excluding carboxylic acids is 1. The standard InChI is InChI=1S/C27H28Cl2N2O3S/c1-2-26(21-13-12-19-8-6-7-9-20(19)14-21)30-27(32)18-31(24-16-22(28)15-23(29)17-24)35(33,34)25-10-4-3-5-11-25/h3-5,10-17,26H,2,6-9,18H2,1H3,(H,30,32). The normalized spacial score (nSPS) is 14.1. The van der Waals surface area contributed by atoms with Crippen LogP contribution in [0.3, 0.4) is 0 Å². The van der Waals surface area contributed by atoms with Crippen molar-refractivity contribution in [2.75, 3.05) is 10.8 Å². The summed E-state index contributed by atoms with van der Waals surface area (Å²) < 4.78 is 28.1. The van der Waals surface area contributed by atoms with E-state index in [-0.39, 0.29) is 26.7 Å². The molecule has 0 bridgehead atoms. The molecule has 1 N–H and O–H groups in total. The van der Waals surface area contributed by atoms with Gasteiger partial charge in [0.15, 0.2) is 0 Å². The summed E-state index contributed by atoms with van der Waals surface area (Å²) in [5, 5.41) is 3.59. The molecule has 1 atom stereocenters. The lowest BCUT2D eigenvalue weighted by molar-refractivity contribution is -0.120. The molecular formula is C27H28Cl2N2O3S. The summed E-state index contributed by atoms with van der Waals surface area (Å²) in [6, 6.07) is 18.7. The molecule has 0 saturated carbocycles. The fourth-order valence-electron chi connectivity index (χ4n) is 4.48. The van der Waals surface area contributed by atoms with Gasteiger partial charge in [0.05, 0.1) is 16.6 Å². The van der Waals surface area contributed by atoms with Crippen LogP contribution in [0.5, 0.6) is 0 Å². The largest absolute Gasteiger partial charge is 0.348 e. The summed E-state index contributed by atoms with van der Waals surface area (Å²) in [5.74, 6) is -0.412. The maximum absolute atomic E-state index is 13.5. The van der Waals surface area contributed by atoms with Crippen LogP contribution in [0.4, 0.5) is 5.69 Å². The Morgan fingerprint density at radius 2 is 1.60 bits per heavy atom. The summed E-state index contributed by atoms with van der Waals surface area (Å²) in [4.78, 5) is 13.3. The Bertz CT molecular complexity index is 1290. The smallest absolute Gasteiger partial charge is 0.264 e. The number of anilines is 1. The predicted octanol–water partition coefficient (Wildman–Crippen LogP) is 6.34. The van der Waals surface area contributed by atoms with Crippen LogP contribution in [0.15, 0.2) is 71.6 Å². The quantitative estimate of drug-likeness (QED) is 0.369. The fourth-order valence-corrected chi connectivity index (χ4v) is 6.42. The number of sulfonamides is 1. The van der Waals surface area contributed by atoms with Gasteiger partial charge in [-0.2, -0.15) is 0 Å². The van der Waals surface area contributed by atoms with Crippen LogP contribution in [0, 0.1) is 0 Å². The first-order valence-electron chi connectivity index (χ1n) is 11.7. The molecule has 3 aromatic carbocycles. The Labute approximate surface area is 217 Å². The van der Waals surface area contributed by atoms with Crippen molar-refractivity contribution in [2.24, 2.45) is 0 Å². The van der Waals surface area contributed by atoms with Crippen molar-refractivity contribution in [3.63, 3.8) is 0 Å². The van der Waals surface area contributed by atoms with Gasteiger partial charge in [-0.05, 0) is 79.1 Å². The number of hydrogen-bond donors (Lipinski definition) is 1. The minimum Gasteiger partial charge on any atom is -0.348 e. The number of amides is 1. The van der Waals surface area contributed by atoms with Crippen molar-refractivity contribution >= 4 is 44.8 Å². The van der Waals surface area contributed by atoms with Crippen molar-refractivity contribution in [1.82, 2.24) is 5.32 Å². The van der Waals surface area contributed by atoms with E-state index in [9.17, 15) is 13.2 Å². The zero-order valence-corrected chi connectivity index (χ0v) is 21.8. The molecule has 0 saturated heterocycles. The lowest BCUT2D eigenvalue weighted by atomic mass is 9.89. The molecule has 35 heavy (non-hydrogen) atoms. The maximum atomic E-state index is 13.5. The van der Waals surface area contributed by atoms with E-state index in [4.69, 9.17) is 23.2 Å². The van der Waals surface area contributed by atoms with Gasteiger partial charge in [-0.1, -0.05) is 66.5 Å². The predicted molar refractivity (Wildman–Crippen MR) is 142 cm³/mol. The summed E-state index contributed by atoms with van der Waals surface area (Å²) in [5.41, 5.74) is 3.97. The van der Waals surface area contributed by atoms with E-state index in [0.29, 0.717) is 6.42 Å². The highest BCUT2D eigenvalue weighted by Crippen LogP contribution is 2.30. The minimum atomic E-state index is -4.05. The van der Waals surface area contributed by atoms with Gasteiger partial charge in [-0.15, -0.1) is 0 Å². The number of nitrogens with zero attached hydrogens (tertiary/aromatic N) is 1. The van der Waals surface area contributed by atoms with Crippen LogP contribution in [0.25, 0.3) is 0 Å². The number of halogens is 2. The summed E-state index contributed by atoms with van der Waals surface area (Å²) in [6.45, 7) is 1.59. The molecule has 0 radical (unpaired) electrons. The second kappa shape index (κ2) is 11.0. The van der Waals surface area contributed by atoms with Crippen LogP contribution in [-0.4, -0.2) is 20.9 Å². The first-order chi connectivity index (χ1) is 16.8. The number of hydrogen-bond acceptors (Lipinski definition) is 3. The van der Waals surface area contributed by atoms with Crippen molar-refractivity contribution in [2.45, 2.75) is 50.0 Å². The van der Waals surface area contributed by atoms with Gasteiger partial charge in [0, 0.05) is 10.0 Å². The summed E-state index contributed by atoms with van der Waals surface area (Å²) >= 11 is 12.3. The van der Waals surface area contributed by atoms with E-state index in [1.165, 1.54) is 54.3 Å². The highest BCUT2D eigenvalue weighted by molar-refractivity contribution is 7.92. The second-order valence-corrected chi connectivity index (χ2v) is 11.5. The Hall–Kier alpha value is -2.54. The Morgan fingerprint density at radius 1 is 0.943 bits per heavy atom. The molecular weight excluding hydrogens is 503 g/mol. The van der Waals surface area contributed by atoms with Crippen molar-refractivity contribution in [3.8, 4) is 0 Å². The SMILES string of the molecule is CCC(NC(=O)CN(c1cc(Cl)cc(Cl)c1)S(=O)(=O)c1ccccc1)c1ccc2c(c1)CCCC2.